The van der Waals surface area contributed by atoms with Gasteiger partial charge in [0.25, 0.3) is 10.0 Å². The Morgan fingerprint density at radius 3 is 2.17 bits per heavy atom. The van der Waals surface area contributed by atoms with Crippen molar-refractivity contribution >= 4 is 43.5 Å². The number of carbonyl (C=O) groups excluding carboxylic acids is 2. The van der Waals surface area contributed by atoms with Gasteiger partial charge in [0.05, 0.1) is 17.2 Å². The summed E-state index contributed by atoms with van der Waals surface area (Å²) in [5.74, 6) is -1.02. The summed E-state index contributed by atoms with van der Waals surface area (Å²) in [6.07, 6.45) is 0.882. The molecule has 0 aliphatic rings. The maximum atomic E-state index is 14.5. The van der Waals surface area contributed by atoms with Gasteiger partial charge in [-0.25, -0.2) is 12.8 Å². The van der Waals surface area contributed by atoms with E-state index in [4.69, 9.17) is 4.74 Å². The van der Waals surface area contributed by atoms with Crippen LogP contribution in [-0.4, -0.2) is 50.4 Å². The van der Waals surface area contributed by atoms with Gasteiger partial charge in [-0.3, -0.25) is 13.9 Å². The fraction of sp³-hybridized carbons (Fsp3) is 0.278. The Labute approximate surface area is 284 Å². The lowest BCUT2D eigenvalue weighted by molar-refractivity contribution is -0.140. The van der Waals surface area contributed by atoms with Gasteiger partial charge in [0.1, 0.15) is 24.2 Å². The van der Waals surface area contributed by atoms with Gasteiger partial charge in [-0.05, 0) is 92.1 Å². The minimum atomic E-state index is -4.33. The lowest BCUT2D eigenvalue weighted by atomic mass is 10.0. The van der Waals surface area contributed by atoms with Crippen molar-refractivity contribution in [2.24, 2.45) is 0 Å². The molecule has 8 nitrogen and oxygen atoms in total. The largest absolute Gasteiger partial charge is 0.494 e. The summed E-state index contributed by atoms with van der Waals surface area (Å²) in [7, 11) is -4.33. The predicted octanol–water partition coefficient (Wildman–Crippen LogP) is 6.74. The van der Waals surface area contributed by atoms with Crippen LogP contribution in [0.2, 0.25) is 0 Å². The Kier molecular flexibility index (Phi) is 12.6. The summed E-state index contributed by atoms with van der Waals surface area (Å²) >= 11 is 3.48. The van der Waals surface area contributed by atoms with Crippen LogP contribution in [0, 0.1) is 5.82 Å². The highest BCUT2D eigenvalue weighted by atomic mass is 79.9. The van der Waals surface area contributed by atoms with Crippen LogP contribution in [0.5, 0.6) is 5.75 Å². The molecule has 2 amide bonds. The molecule has 248 valence electrons. The zero-order chi connectivity index (χ0) is 34.0. The molecule has 1 N–H and O–H groups in total. The second kappa shape index (κ2) is 16.6. The van der Waals surface area contributed by atoms with Crippen LogP contribution in [0.15, 0.2) is 112 Å². The average Bonchev–Trinajstić information content (AvgIpc) is 3.06. The number of carbonyl (C=O) groups is 2. The van der Waals surface area contributed by atoms with E-state index in [9.17, 15) is 22.4 Å². The monoisotopic (exact) mass is 723 g/mol. The molecule has 2 atom stereocenters. The second-order valence-electron chi connectivity index (χ2n) is 11.1. The standard InChI is InChI=1S/C36H39BrFN3O5S/c1-4-26(3)39-36(43)34(23-27-10-7-6-8-11-27)40(24-28-12-9-13-29(37)22-28)35(42)25-41(31-16-14-30(38)15-17-31)47(44,45)33-20-18-32(19-21-33)46-5-2/h6-22,26,34H,4-5,23-25H2,1-3H3,(H,39,43)/t26-,34+/m0/s1. The van der Waals surface area contributed by atoms with E-state index < -0.39 is 34.3 Å². The van der Waals surface area contributed by atoms with Crippen molar-refractivity contribution in [3.8, 4) is 5.75 Å². The molecular weight excluding hydrogens is 685 g/mol. The highest BCUT2D eigenvalue weighted by Crippen LogP contribution is 2.27. The third-order valence-corrected chi connectivity index (χ3v) is 9.91. The maximum absolute atomic E-state index is 14.5. The van der Waals surface area contributed by atoms with Crippen LogP contribution in [0.4, 0.5) is 10.1 Å². The Balaban J connectivity index is 1.80. The molecule has 0 saturated carbocycles. The number of halogens is 2. The van der Waals surface area contributed by atoms with E-state index in [0.717, 1.165) is 32.0 Å². The highest BCUT2D eigenvalue weighted by Gasteiger charge is 2.35. The number of rotatable bonds is 15. The zero-order valence-corrected chi connectivity index (χ0v) is 29.0. The van der Waals surface area contributed by atoms with Gasteiger partial charge in [-0.1, -0.05) is 65.3 Å². The molecule has 11 heteroatoms. The average molecular weight is 725 g/mol. The van der Waals surface area contributed by atoms with Crippen molar-refractivity contribution in [1.29, 1.82) is 0 Å². The van der Waals surface area contributed by atoms with E-state index in [1.165, 1.54) is 41.3 Å². The lowest BCUT2D eigenvalue weighted by Crippen LogP contribution is -2.54. The molecule has 0 heterocycles. The molecule has 4 rings (SSSR count). The maximum Gasteiger partial charge on any atom is 0.264 e. The van der Waals surface area contributed by atoms with Gasteiger partial charge < -0.3 is 15.0 Å². The molecule has 0 radical (unpaired) electrons. The van der Waals surface area contributed by atoms with E-state index in [0.29, 0.717) is 18.8 Å². The van der Waals surface area contributed by atoms with Crippen LogP contribution in [-0.2, 0) is 32.6 Å². The number of nitrogens with one attached hydrogen (secondary N) is 1. The van der Waals surface area contributed by atoms with E-state index in [1.54, 1.807) is 0 Å². The van der Waals surface area contributed by atoms with Crippen molar-refractivity contribution in [2.75, 3.05) is 17.5 Å². The van der Waals surface area contributed by atoms with Crippen LogP contribution in [0.3, 0.4) is 0 Å². The summed E-state index contributed by atoms with van der Waals surface area (Å²) in [5, 5.41) is 3.02. The van der Waals surface area contributed by atoms with E-state index in [1.807, 2.05) is 75.4 Å². The topological polar surface area (TPSA) is 96.0 Å². The summed E-state index contributed by atoms with van der Waals surface area (Å²) in [4.78, 5) is 29.8. The first-order valence-electron chi connectivity index (χ1n) is 15.4. The second-order valence-corrected chi connectivity index (χ2v) is 13.8. The molecule has 4 aromatic carbocycles. The first-order valence-corrected chi connectivity index (χ1v) is 17.6. The summed E-state index contributed by atoms with van der Waals surface area (Å²) in [6, 6.07) is 26.4. The molecule has 0 bridgehead atoms. The molecule has 0 fully saturated rings. The first-order chi connectivity index (χ1) is 22.5. The molecule has 0 saturated heterocycles. The van der Waals surface area contributed by atoms with E-state index in [2.05, 4.69) is 21.2 Å². The summed E-state index contributed by atoms with van der Waals surface area (Å²) in [6.45, 7) is 5.46. The van der Waals surface area contributed by atoms with Crippen molar-refractivity contribution in [3.05, 3.63) is 125 Å². The SMILES string of the molecule is CCOc1ccc(S(=O)(=O)N(CC(=O)N(Cc2cccc(Br)c2)[C@H](Cc2ccccc2)C(=O)N[C@@H](C)CC)c2ccc(F)cc2)cc1. The molecule has 0 aliphatic carbocycles. The van der Waals surface area contributed by atoms with Gasteiger partial charge in [0.15, 0.2) is 0 Å². The predicted molar refractivity (Wildman–Crippen MR) is 185 cm³/mol. The Hall–Kier alpha value is -4.22. The van der Waals surface area contributed by atoms with Gasteiger partial charge in [-0.15, -0.1) is 0 Å². The number of hydrogen-bond donors (Lipinski definition) is 1. The number of benzene rings is 4. The molecule has 0 aliphatic heterocycles. The number of amides is 2. The van der Waals surface area contributed by atoms with Crippen LogP contribution in [0.1, 0.15) is 38.3 Å². The Morgan fingerprint density at radius 2 is 1.55 bits per heavy atom. The van der Waals surface area contributed by atoms with Gasteiger partial charge in [0, 0.05) is 23.5 Å². The van der Waals surface area contributed by atoms with Crippen molar-refractivity contribution in [1.82, 2.24) is 10.2 Å². The van der Waals surface area contributed by atoms with E-state index >= 15 is 0 Å². The normalized spacial score (nSPS) is 12.5. The smallest absolute Gasteiger partial charge is 0.264 e. The Bertz CT molecular complexity index is 1740. The molecule has 47 heavy (non-hydrogen) atoms. The third-order valence-electron chi connectivity index (χ3n) is 7.63. The molecule has 0 spiro atoms. The highest BCUT2D eigenvalue weighted by molar-refractivity contribution is 9.10. The van der Waals surface area contributed by atoms with E-state index in [-0.39, 0.29) is 35.5 Å². The van der Waals surface area contributed by atoms with Crippen molar-refractivity contribution in [3.63, 3.8) is 0 Å². The fourth-order valence-electron chi connectivity index (χ4n) is 4.96. The van der Waals surface area contributed by atoms with Crippen LogP contribution >= 0.6 is 15.9 Å². The first kappa shape index (κ1) is 35.6. The molecular formula is C36H39BrFN3O5S. The number of anilines is 1. The van der Waals surface area contributed by atoms with Gasteiger partial charge in [0.2, 0.25) is 11.8 Å². The quantitative estimate of drug-likeness (QED) is 0.147. The minimum absolute atomic E-state index is 0.0318. The number of sulfonamides is 1. The number of nitrogens with zero attached hydrogens (tertiary/aromatic N) is 2. The summed E-state index contributed by atoms with van der Waals surface area (Å²) < 4.78 is 49.5. The molecule has 0 unspecified atom stereocenters. The lowest BCUT2D eigenvalue weighted by Gasteiger charge is -2.34. The van der Waals surface area contributed by atoms with Crippen molar-refractivity contribution in [2.45, 2.75) is 57.1 Å². The van der Waals surface area contributed by atoms with Gasteiger partial charge >= 0.3 is 0 Å². The Morgan fingerprint density at radius 1 is 0.894 bits per heavy atom. The van der Waals surface area contributed by atoms with Crippen LogP contribution in [0.25, 0.3) is 0 Å². The molecule has 0 aromatic heterocycles. The summed E-state index contributed by atoms with van der Waals surface area (Å²) in [5.41, 5.74) is 1.67. The minimum Gasteiger partial charge on any atom is -0.494 e. The molecule has 4 aromatic rings. The zero-order valence-electron chi connectivity index (χ0n) is 26.6. The van der Waals surface area contributed by atoms with Crippen LogP contribution < -0.4 is 14.4 Å². The number of ether oxygens (including phenoxy) is 1. The fourth-order valence-corrected chi connectivity index (χ4v) is 6.83. The van der Waals surface area contributed by atoms with Gasteiger partial charge in [-0.2, -0.15) is 0 Å². The number of hydrogen-bond acceptors (Lipinski definition) is 5. The third kappa shape index (κ3) is 9.65. The van der Waals surface area contributed by atoms with Crippen molar-refractivity contribution < 1.29 is 27.1 Å².